The summed E-state index contributed by atoms with van der Waals surface area (Å²) in [6.07, 6.45) is 6.21. The molecule has 1 aromatic rings. The van der Waals surface area contributed by atoms with E-state index in [1.807, 2.05) is 0 Å². The quantitative estimate of drug-likeness (QED) is 0.570. The van der Waals surface area contributed by atoms with Gasteiger partial charge >= 0.3 is 11.9 Å². The summed E-state index contributed by atoms with van der Waals surface area (Å²) in [5, 5.41) is 31.2. The number of aliphatic carboxylic acids is 2. The molecule has 0 bridgehead atoms. The van der Waals surface area contributed by atoms with E-state index in [-0.39, 0.29) is 5.71 Å². The maximum absolute atomic E-state index is 11.7. The molecule has 1 aliphatic rings. The molecule has 22 heavy (non-hydrogen) atoms. The van der Waals surface area contributed by atoms with Crippen molar-refractivity contribution in [1.82, 2.24) is 0 Å². The Kier molecular flexibility index (Phi) is 4.73. The average Bonchev–Trinajstić information content (AvgIpc) is 2.52. The van der Waals surface area contributed by atoms with Crippen molar-refractivity contribution in [2.24, 2.45) is 17.0 Å². The lowest BCUT2D eigenvalue weighted by Crippen LogP contribution is -2.37. The van der Waals surface area contributed by atoms with E-state index in [9.17, 15) is 19.8 Å². The molecule has 1 aliphatic carbocycles. The van der Waals surface area contributed by atoms with Crippen LogP contribution in [0, 0.1) is 11.8 Å². The molecular formula is C16H15NO5. The molecule has 0 radical (unpaired) electrons. The third-order valence-corrected chi connectivity index (χ3v) is 3.61. The lowest BCUT2D eigenvalue weighted by molar-refractivity contribution is -0.151. The fourth-order valence-electron chi connectivity index (χ4n) is 2.62. The molecule has 6 nitrogen and oxygen atoms in total. The lowest BCUT2D eigenvalue weighted by atomic mass is 9.74. The van der Waals surface area contributed by atoms with Crippen LogP contribution in [0.4, 0.5) is 0 Å². The van der Waals surface area contributed by atoms with Crippen LogP contribution in [0.1, 0.15) is 11.5 Å². The molecule has 2 rings (SSSR count). The molecular weight excluding hydrogens is 286 g/mol. The van der Waals surface area contributed by atoms with E-state index in [0.29, 0.717) is 5.56 Å². The predicted octanol–water partition coefficient (Wildman–Crippen LogP) is 2.13. The van der Waals surface area contributed by atoms with E-state index in [1.165, 1.54) is 12.2 Å². The zero-order valence-corrected chi connectivity index (χ0v) is 11.5. The largest absolute Gasteiger partial charge is 0.481 e. The molecule has 3 unspecified atom stereocenters. The number of carbonyl (C=O) groups is 2. The average molecular weight is 301 g/mol. The molecule has 0 fully saturated rings. The van der Waals surface area contributed by atoms with Gasteiger partial charge in [-0.25, -0.2) is 0 Å². The minimum absolute atomic E-state index is 0.122. The van der Waals surface area contributed by atoms with Crippen molar-refractivity contribution in [1.29, 1.82) is 0 Å². The van der Waals surface area contributed by atoms with E-state index in [4.69, 9.17) is 5.21 Å². The van der Waals surface area contributed by atoms with Crippen LogP contribution in [0.15, 0.2) is 59.8 Å². The number of oxime groups is 1. The second-order valence-corrected chi connectivity index (χ2v) is 4.89. The van der Waals surface area contributed by atoms with E-state index in [1.54, 1.807) is 42.5 Å². The molecule has 6 heteroatoms. The van der Waals surface area contributed by atoms with Gasteiger partial charge in [-0.05, 0) is 11.6 Å². The van der Waals surface area contributed by atoms with Gasteiger partial charge < -0.3 is 15.4 Å². The van der Waals surface area contributed by atoms with Gasteiger partial charge in [0.2, 0.25) is 0 Å². The summed E-state index contributed by atoms with van der Waals surface area (Å²) in [7, 11) is 0. The smallest absolute Gasteiger partial charge is 0.311 e. The van der Waals surface area contributed by atoms with Crippen molar-refractivity contribution < 1.29 is 25.0 Å². The fourth-order valence-corrected chi connectivity index (χ4v) is 2.62. The zero-order valence-electron chi connectivity index (χ0n) is 11.5. The van der Waals surface area contributed by atoms with Crippen LogP contribution in [-0.2, 0) is 9.59 Å². The number of nitrogens with zero attached hydrogens (tertiary/aromatic N) is 1. The summed E-state index contributed by atoms with van der Waals surface area (Å²) in [6.45, 7) is 0. The minimum atomic E-state index is -1.29. The van der Waals surface area contributed by atoms with Crippen molar-refractivity contribution in [3.05, 3.63) is 60.2 Å². The molecule has 0 spiro atoms. The Morgan fingerprint density at radius 1 is 1.05 bits per heavy atom. The summed E-state index contributed by atoms with van der Waals surface area (Å²) < 4.78 is 0. The van der Waals surface area contributed by atoms with Crippen LogP contribution < -0.4 is 0 Å². The highest BCUT2D eigenvalue weighted by molar-refractivity contribution is 6.02. The van der Waals surface area contributed by atoms with Gasteiger partial charge in [0.15, 0.2) is 0 Å². The summed E-state index contributed by atoms with van der Waals surface area (Å²) in [5.41, 5.74) is 0.514. The van der Waals surface area contributed by atoms with Crippen molar-refractivity contribution in [2.75, 3.05) is 0 Å². The molecule has 0 saturated heterocycles. The van der Waals surface area contributed by atoms with Crippen LogP contribution >= 0.6 is 0 Å². The first-order valence-corrected chi connectivity index (χ1v) is 6.63. The third kappa shape index (κ3) is 3.06. The fraction of sp³-hybridized carbons (Fsp3) is 0.188. The van der Waals surface area contributed by atoms with Crippen LogP contribution in [0.2, 0.25) is 0 Å². The molecule has 0 heterocycles. The van der Waals surface area contributed by atoms with Crippen LogP contribution in [0.25, 0.3) is 0 Å². The third-order valence-electron chi connectivity index (χ3n) is 3.61. The van der Waals surface area contributed by atoms with Crippen LogP contribution in [0.5, 0.6) is 0 Å². The predicted molar refractivity (Wildman–Crippen MR) is 78.9 cm³/mol. The number of carboxylic acid groups (broad SMARTS) is 2. The van der Waals surface area contributed by atoms with Gasteiger partial charge in [-0.15, -0.1) is 0 Å². The Labute approximate surface area is 126 Å². The molecule has 0 amide bonds. The SMILES string of the molecule is O=C(O)C(c1ccccc1)C(C(=O)O)C1C=CC=CC1=NO. The first kappa shape index (κ1) is 15.5. The van der Waals surface area contributed by atoms with E-state index in [0.717, 1.165) is 0 Å². The highest BCUT2D eigenvalue weighted by Gasteiger charge is 2.41. The maximum atomic E-state index is 11.7. The molecule has 114 valence electrons. The second kappa shape index (κ2) is 6.71. The summed E-state index contributed by atoms with van der Waals surface area (Å²) in [6, 6.07) is 8.19. The molecule has 1 aromatic carbocycles. The number of benzene rings is 1. The van der Waals surface area contributed by atoms with Crippen molar-refractivity contribution >= 4 is 17.7 Å². The minimum Gasteiger partial charge on any atom is -0.481 e. The Morgan fingerprint density at radius 3 is 2.27 bits per heavy atom. The Morgan fingerprint density at radius 2 is 1.73 bits per heavy atom. The van der Waals surface area contributed by atoms with Gasteiger partial charge in [0.1, 0.15) is 0 Å². The standard InChI is InChI=1S/C16H15NO5/c18-15(19)13(10-6-2-1-3-7-10)14(16(20)21)11-8-4-5-9-12(11)17-22/h1-9,11,13-14,22H,(H,18,19)(H,20,21). The molecule has 3 atom stereocenters. The van der Waals surface area contributed by atoms with Gasteiger partial charge in [-0.2, -0.15) is 0 Å². The Bertz CT molecular complexity index is 648. The van der Waals surface area contributed by atoms with Gasteiger partial charge in [-0.3, -0.25) is 9.59 Å². The maximum Gasteiger partial charge on any atom is 0.311 e. The topological polar surface area (TPSA) is 107 Å². The highest BCUT2D eigenvalue weighted by atomic mass is 16.4. The second-order valence-electron chi connectivity index (χ2n) is 4.89. The Hall–Kier alpha value is -2.89. The Balaban J connectivity index is 2.49. The molecule has 0 aromatic heterocycles. The zero-order chi connectivity index (χ0) is 16.1. The first-order chi connectivity index (χ1) is 10.6. The van der Waals surface area contributed by atoms with Gasteiger partial charge in [0, 0.05) is 5.92 Å². The summed E-state index contributed by atoms with van der Waals surface area (Å²) >= 11 is 0. The molecule has 3 N–H and O–H groups in total. The monoisotopic (exact) mass is 301 g/mol. The summed E-state index contributed by atoms with van der Waals surface area (Å²) in [5.74, 6) is -5.86. The normalized spacial score (nSPS) is 21.5. The van der Waals surface area contributed by atoms with Crippen LogP contribution in [-0.4, -0.2) is 33.1 Å². The van der Waals surface area contributed by atoms with E-state index in [2.05, 4.69) is 5.16 Å². The number of carboxylic acids is 2. The lowest BCUT2D eigenvalue weighted by Gasteiger charge is -2.27. The van der Waals surface area contributed by atoms with Gasteiger partial charge in [-0.1, -0.05) is 53.7 Å². The van der Waals surface area contributed by atoms with Crippen molar-refractivity contribution in [3.8, 4) is 0 Å². The van der Waals surface area contributed by atoms with Gasteiger partial charge in [0.05, 0.1) is 17.5 Å². The number of hydrogen-bond donors (Lipinski definition) is 3. The first-order valence-electron chi connectivity index (χ1n) is 6.63. The van der Waals surface area contributed by atoms with E-state index < -0.39 is 29.7 Å². The van der Waals surface area contributed by atoms with E-state index >= 15 is 0 Å². The summed E-state index contributed by atoms with van der Waals surface area (Å²) in [4.78, 5) is 23.4. The van der Waals surface area contributed by atoms with Gasteiger partial charge in [0.25, 0.3) is 0 Å². The van der Waals surface area contributed by atoms with Crippen molar-refractivity contribution in [2.45, 2.75) is 5.92 Å². The number of rotatable bonds is 5. The number of hydrogen-bond acceptors (Lipinski definition) is 4. The van der Waals surface area contributed by atoms with Crippen molar-refractivity contribution in [3.63, 3.8) is 0 Å². The number of allylic oxidation sites excluding steroid dienone is 4. The molecule has 0 saturated carbocycles. The van der Waals surface area contributed by atoms with Crippen LogP contribution in [0.3, 0.4) is 0 Å². The molecule has 0 aliphatic heterocycles. The highest BCUT2D eigenvalue weighted by Crippen LogP contribution is 2.34.